The molecule has 1 aromatic rings. The normalized spacial score (nSPS) is 24.0. The van der Waals surface area contributed by atoms with Crippen LogP contribution in [-0.2, 0) is 11.2 Å². The van der Waals surface area contributed by atoms with Crippen molar-refractivity contribution in [1.82, 2.24) is 15.1 Å². The Kier molecular flexibility index (Phi) is 6.91. The van der Waals surface area contributed by atoms with E-state index >= 15 is 0 Å². The summed E-state index contributed by atoms with van der Waals surface area (Å²) in [7, 11) is 2.12. The molecule has 0 saturated carbocycles. The summed E-state index contributed by atoms with van der Waals surface area (Å²) in [6, 6.07) is 1.85. The molecule has 0 radical (unpaired) electrons. The van der Waals surface area contributed by atoms with E-state index < -0.39 is 5.63 Å². The van der Waals surface area contributed by atoms with Gasteiger partial charge in [0.15, 0.2) is 0 Å². The van der Waals surface area contributed by atoms with Crippen LogP contribution >= 0.6 is 0 Å². The number of hydrogen-bond acceptors (Lipinski definition) is 6. The topological polar surface area (TPSA) is 75.0 Å². The number of ether oxygens (including phenoxy) is 1. The van der Waals surface area contributed by atoms with Gasteiger partial charge in [-0.15, -0.1) is 0 Å². The molecule has 2 fully saturated rings. The SMILES string of the molecule is Cc1cc(CCC(C)C)oc(=O)c1C(=O)N[C@H]1COC[C@@H]1N1CCN(C)CC1. The molecule has 0 spiro atoms. The molecule has 3 rings (SSSR count). The van der Waals surface area contributed by atoms with Crippen LogP contribution in [0.25, 0.3) is 0 Å². The van der Waals surface area contributed by atoms with E-state index in [1.165, 1.54) is 0 Å². The Morgan fingerprint density at radius 3 is 2.61 bits per heavy atom. The van der Waals surface area contributed by atoms with E-state index in [9.17, 15) is 9.59 Å². The average Bonchev–Trinajstić information content (AvgIpc) is 3.08. The number of carbonyl (C=O) groups is 1. The van der Waals surface area contributed by atoms with Gasteiger partial charge in [0.25, 0.3) is 5.91 Å². The van der Waals surface area contributed by atoms with Crippen LogP contribution in [0.5, 0.6) is 0 Å². The molecule has 2 aliphatic rings. The molecule has 0 aliphatic carbocycles. The Morgan fingerprint density at radius 1 is 1.25 bits per heavy atom. The van der Waals surface area contributed by atoms with E-state index in [0.717, 1.165) is 32.6 Å². The van der Waals surface area contributed by atoms with Gasteiger partial charge in [0.2, 0.25) is 0 Å². The fourth-order valence-corrected chi connectivity index (χ4v) is 3.93. The molecular formula is C21H33N3O4. The minimum atomic E-state index is -0.550. The third kappa shape index (κ3) is 5.01. The van der Waals surface area contributed by atoms with Gasteiger partial charge in [0, 0.05) is 32.6 Å². The van der Waals surface area contributed by atoms with Crippen LogP contribution in [0.1, 0.15) is 41.9 Å². The van der Waals surface area contributed by atoms with Crippen molar-refractivity contribution in [2.45, 2.75) is 45.7 Å². The first kappa shape index (κ1) is 21.0. The van der Waals surface area contributed by atoms with Crippen molar-refractivity contribution in [2.24, 2.45) is 5.92 Å². The highest BCUT2D eigenvalue weighted by atomic mass is 16.5. The van der Waals surface area contributed by atoms with E-state index in [0.29, 0.717) is 36.9 Å². The maximum atomic E-state index is 12.8. The molecular weight excluding hydrogens is 358 g/mol. The van der Waals surface area contributed by atoms with Crippen LogP contribution in [0.3, 0.4) is 0 Å². The Morgan fingerprint density at radius 2 is 1.96 bits per heavy atom. The number of nitrogens with one attached hydrogen (secondary N) is 1. The third-order valence-electron chi connectivity index (χ3n) is 5.77. The molecule has 7 heteroatoms. The largest absolute Gasteiger partial charge is 0.427 e. The standard InChI is InChI=1S/C21H33N3O4/c1-14(2)5-6-16-11-15(3)19(21(26)28-16)20(25)22-17-12-27-13-18(17)24-9-7-23(4)8-10-24/h11,14,17-18H,5-10,12-13H2,1-4H3,(H,22,25)/t17-,18-/m0/s1. The number of likely N-dealkylation sites (N-methyl/N-ethyl adjacent to an activating group) is 1. The Hall–Kier alpha value is -1.70. The van der Waals surface area contributed by atoms with Crippen molar-refractivity contribution in [2.75, 3.05) is 46.4 Å². The summed E-state index contributed by atoms with van der Waals surface area (Å²) in [6.45, 7) is 11.1. The summed E-state index contributed by atoms with van der Waals surface area (Å²) in [5.74, 6) is 0.811. The Bertz CT molecular complexity index is 738. The van der Waals surface area contributed by atoms with Crippen LogP contribution in [-0.4, -0.2) is 74.2 Å². The van der Waals surface area contributed by atoms with Crippen LogP contribution in [0, 0.1) is 12.8 Å². The number of nitrogens with zero attached hydrogens (tertiary/aromatic N) is 2. The zero-order valence-electron chi connectivity index (χ0n) is 17.5. The van der Waals surface area contributed by atoms with Crippen LogP contribution in [0.2, 0.25) is 0 Å². The number of carbonyl (C=O) groups excluding carboxylic acids is 1. The first-order chi connectivity index (χ1) is 13.3. The lowest BCUT2D eigenvalue weighted by atomic mass is 10.0. The van der Waals surface area contributed by atoms with E-state index in [-0.39, 0.29) is 23.6 Å². The fourth-order valence-electron chi connectivity index (χ4n) is 3.93. The van der Waals surface area contributed by atoms with Gasteiger partial charge in [-0.1, -0.05) is 13.8 Å². The second kappa shape index (κ2) is 9.20. The van der Waals surface area contributed by atoms with Gasteiger partial charge in [0.05, 0.1) is 25.3 Å². The van der Waals surface area contributed by atoms with Crippen LogP contribution in [0.15, 0.2) is 15.3 Å². The number of piperazine rings is 1. The van der Waals surface area contributed by atoms with E-state index in [2.05, 4.69) is 36.0 Å². The summed E-state index contributed by atoms with van der Waals surface area (Å²) < 4.78 is 11.1. The van der Waals surface area contributed by atoms with Gasteiger partial charge in [-0.25, -0.2) is 4.79 Å². The van der Waals surface area contributed by atoms with Crippen molar-refractivity contribution >= 4 is 5.91 Å². The van der Waals surface area contributed by atoms with Gasteiger partial charge >= 0.3 is 5.63 Å². The van der Waals surface area contributed by atoms with E-state index in [1.807, 2.05) is 6.07 Å². The fraction of sp³-hybridized carbons (Fsp3) is 0.714. The highest BCUT2D eigenvalue weighted by Gasteiger charge is 2.36. The molecule has 0 unspecified atom stereocenters. The van der Waals surface area contributed by atoms with E-state index in [1.54, 1.807) is 6.92 Å². The Balaban J connectivity index is 1.67. The number of rotatable bonds is 6. The van der Waals surface area contributed by atoms with Crippen molar-refractivity contribution in [3.8, 4) is 0 Å². The predicted octanol–water partition coefficient (Wildman–Crippen LogP) is 1.28. The first-order valence-corrected chi connectivity index (χ1v) is 10.3. The smallest absolute Gasteiger partial charge is 0.349 e. The van der Waals surface area contributed by atoms with Gasteiger partial charge in [-0.2, -0.15) is 0 Å². The van der Waals surface area contributed by atoms with Gasteiger partial charge in [-0.3, -0.25) is 9.69 Å². The second-order valence-electron chi connectivity index (χ2n) is 8.51. The van der Waals surface area contributed by atoms with Crippen molar-refractivity contribution in [3.63, 3.8) is 0 Å². The minimum Gasteiger partial charge on any atom is -0.427 e. The van der Waals surface area contributed by atoms with E-state index in [4.69, 9.17) is 9.15 Å². The van der Waals surface area contributed by atoms with Crippen molar-refractivity contribution in [1.29, 1.82) is 0 Å². The molecule has 1 N–H and O–H groups in total. The van der Waals surface area contributed by atoms with Crippen molar-refractivity contribution in [3.05, 3.63) is 33.4 Å². The quantitative estimate of drug-likeness (QED) is 0.787. The third-order valence-corrected chi connectivity index (χ3v) is 5.77. The van der Waals surface area contributed by atoms with Gasteiger partial charge in [-0.05, 0) is 37.9 Å². The maximum Gasteiger partial charge on any atom is 0.349 e. The summed E-state index contributed by atoms with van der Waals surface area (Å²) in [4.78, 5) is 30.0. The molecule has 2 atom stereocenters. The number of hydrogen-bond donors (Lipinski definition) is 1. The summed E-state index contributed by atoms with van der Waals surface area (Å²) in [5.41, 5.74) is 0.228. The number of aryl methyl sites for hydroxylation is 2. The second-order valence-corrected chi connectivity index (χ2v) is 8.51. The summed E-state index contributed by atoms with van der Waals surface area (Å²) in [5, 5.41) is 3.03. The monoisotopic (exact) mass is 391 g/mol. The number of amides is 1. The molecule has 3 heterocycles. The average molecular weight is 392 g/mol. The lowest BCUT2D eigenvalue weighted by Crippen LogP contribution is -2.56. The zero-order chi connectivity index (χ0) is 20.3. The summed E-state index contributed by atoms with van der Waals surface area (Å²) in [6.07, 6.45) is 1.65. The van der Waals surface area contributed by atoms with Crippen molar-refractivity contribution < 1.29 is 13.9 Å². The summed E-state index contributed by atoms with van der Waals surface area (Å²) >= 11 is 0. The highest BCUT2D eigenvalue weighted by molar-refractivity contribution is 5.95. The molecule has 0 bridgehead atoms. The molecule has 1 aromatic heterocycles. The molecule has 1 amide bonds. The Labute approximate surface area is 167 Å². The highest BCUT2D eigenvalue weighted by Crippen LogP contribution is 2.17. The molecule has 7 nitrogen and oxygen atoms in total. The van der Waals surface area contributed by atoms with Crippen LogP contribution < -0.4 is 10.9 Å². The minimum absolute atomic E-state index is 0.109. The van der Waals surface area contributed by atoms with Gasteiger partial charge in [0.1, 0.15) is 11.3 Å². The lowest BCUT2D eigenvalue weighted by molar-refractivity contribution is 0.0826. The van der Waals surface area contributed by atoms with Crippen LogP contribution in [0.4, 0.5) is 0 Å². The molecule has 2 saturated heterocycles. The maximum absolute atomic E-state index is 12.8. The molecule has 0 aromatic carbocycles. The predicted molar refractivity (Wildman–Crippen MR) is 108 cm³/mol. The zero-order valence-corrected chi connectivity index (χ0v) is 17.5. The lowest BCUT2D eigenvalue weighted by Gasteiger charge is -2.38. The molecule has 28 heavy (non-hydrogen) atoms. The molecule has 2 aliphatic heterocycles. The van der Waals surface area contributed by atoms with Gasteiger partial charge < -0.3 is 19.4 Å². The first-order valence-electron chi connectivity index (χ1n) is 10.3. The molecule has 156 valence electrons.